The molecule has 10 nitrogen and oxygen atoms in total. The summed E-state index contributed by atoms with van der Waals surface area (Å²) in [5, 5.41) is 19.7. The van der Waals surface area contributed by atoms with E-state index in [0.29, 0.717) is 39.2 Å². The van der Waals surface area contributed by atoms with E-state index in [1.807, 2.05) is 4.57 Å². The molecule has 3 fully saturated rings. The molecule has 0 spiro atoms. The number of carbonyl (C=O) groups is 2. The van der Waals surface area contributed by atoms with E-state index in [9.17, 15) is 9.59 Å². The van der Waals surface area contributed by atoms with Crippen LogP contribution in [0.3, 0.4) is 0 Å². The molecule has 3 saturated heterocycles. The molecule has 3 atom stereocenters. The van der Waals surface area contributed by atoms with Crippen LogP contribution < -0.4 is 16.0 Å². The molecule has 0 radical (unpaired) electrons. The summed E-state index contributed by atoms with van der Waals surface area (Å²) >= 11 is 12.7. The molecule has 3 aliphatic heterocycles. The molecule has 1 amide bonds. The van der Waals surface area contributed by atoms with Gasteiger partial charge in [0.1, 0.15) is 12.5 Å². The summed E-state index contributed by atoms with van der Waals surface area (Å²) < 4.78 is 1.84. The molecular formula is C29H38Cl2N8O2. The molecule has 3 aliphatic rings. The maximum absolute atomic E-state index is 13.5. The maximum Gasteiger partial charge on any atom is 0.218 e. The average molecular weight is 602 g/mol. The highest BCUT2D eigenvalue weighted by molar-refractivity contribution is 6.35. The number of benzene rings is 2. The number of ketones is 1. The Kier molecular flexibility index (Phi) is 9.52. The Labute approximate surface area is 251 Å². The molecule has 3 aromatic rings. The molecule has 0 saturated carbocycles. The van der Waals surface area contributed by atoms with Gasteiger partial charge in [-0.1, -0.05) is 50.2 Å². The molecule has 0 bridgehead atoms. The van der Waals surface area contributed by atoms with Crippen molar-refractivity contribution in [2.24, 2.45) is 0 Å². The Morgan fingerprint density at radius 3 is 2.61 bits per heavy atom. The van der Waals surface area contributed by atoms with Crippen molar-refractivity contribution in [2.45, 2.75) is 46.1 Å². The Balaban J connectivity index is 0.00000194. The first-order chi connectivity index (χ1) is 18.9. The molecule has 3 unspecified atom stereocenters. The highest BCUT2D eigenvalue weighted by Gasteiger charge is 2.65. The second-order valence-electron chi connectivity index (χ2n) is 10.4. The van der Waals surface area contributed by atoms with Crippen molar-refractivity contribution in [3.8, 4) is 5.69 Å². The summed E-state index contributed by atoms with van der Waals surface area (Å²) in [5.41, 5.74) is 1.25. The lowest BCUT2D eigenvalue weighted by Gasteiger charge is -2.39. The zero-order valence-electron chi connectivity index (χ0n) is 21.5. The first-order valence-corrected chi connectivity index (χ1v) is 13.8. The molecule has 3 N–H and O–H groups in total. The molecule has 220 valence electrons. The number of hydrogen-bond acceptors (Lipinski definition) is 8. The van der Waals surface area contributed by atoms with Gasteiger partial charge in [-0.05, 0) is 30.3 Å². The van der Waals surface area contributed by atoms with Gasteiger partial charge in [-0.15, -0.1) is 10.2 Å². The second kappa shape index (κ2) is 12.6. The smallest absolute Gasteiger partial charge is 0.218 e. The monoisotopic (exact) mass is 600 g/mol. The molecule has 12 heteroatoms. The van der Waals surface area contributed by atoms with Gasteiger partial charge >= 0.3 is 0 Å². The highest BCUT2D eigenvalue weighted by Crippen LogP contribution is 2.40. The largest absolute Gasteiger partial charge is 0.339 e. The van der Waals surface area contributed by atoms with Gasteiger partial charge in [0.2, 0.25) is 5.91 Å². The van der Waals surface area contributed by atoms with Gasteiger partial charge in [-0.2, -0.15) is 0 Å². The van der Waals surface area contributed by atoms with Gasteiger partial charge in [0.25, 0.3) is 0 Å². The van der Waals surface area contributed by atoms with Crippen LogP contribution in [0.2, 0.25) is 10.0 Å². The molecule has 6 rings (SSSR count). The third kappa shape index (κ3) is 6.04. The van der Waals surface area contributed by atoms with E-state index >= 15 is 0 Å². The van der Waals surface area contributed by atoms with Gasteiger partial charge in [0.15, 0.2) is 11.6 Å². The lowest BCUT2D eigenvalue weighted by Crippen LogP contribution is -2.63. The number of rotatable bonds is 8. The number of nitrogens with zero attached hydrogens (tertiary/aromatic N) is 5. The quantitative estimate of drug-likeness (QED) is 0.267. The Morgan fingerprint density at radius 1 is 1.12 bits per heavy atom. The van der Waals surface area contributed by atoms with Crippen LogP contribution in [0.1, 0.15) is 43.5 Å². The van der Waals surface area contributed by atoms with E-state index in [-0.39, 0.29) is 44.3 Å². The van der Waals surface area contributed by atoms with Gasteiger partial charge in [-0.3, -0.25) is 29.3 Å². The zero-order chi connectivity index (χ0) is 27.1. The number of piperazine rings is 2. The van der Waals surface area contributed by atoms with Crippen molar-refractivity contribution in [3.63, 3.8) is 0 Å². The van der Waals surface area contributed by atoms with Crippen LogP contribution in [0.15, 0.2) is 48.8 Å². The number of hydrogen-bond donors (Lipinski definition) is 3. The summed E-state index contributed by atoms with van der Waals surface area (Å²) in [5.74, 6) is 0.453. The zero-order valence-corrected chi connectivity index (χ0v) is 23.0. The van der Waals surface area contributed by atoms with Gasteiger partial charge < -0.3 is 10.6 Å². The summed E-state index contributed by atoms with van der Waals surface area (Å²) in [7, 11) is 0. The predicted octanol–water partition coefficient (Wildman–Crippen LogP) is 2.97. The first-order valence-electron chi connectivity index (χ1n) is 13.1. The number of fused-ring (bicyclic) bond motifs is 1. The molecule has 2 aromatic carbocycles. The minimum absolute atomic E-state index is 0. The van der Waals surface area contributed by atoms with Crippen LogP contribution >= 0.6 is 23.2 Å². The van der Waals surface area contributed by atoms with Gasteiger partial charge in [0.05, 0.1) is 22.8 Å². The fourth-order valence-corrected chi connectivity index (χ4v) is 6.35. The van der Waals surface area contributed by atoms with Crippen LogP contribution in [-0.2, 0) is 11.3 Å². The van der Waals surface area contributed by atoms with E-state index in [2.05, 4.69) is 35.9 Å². The van der Waals surface area contributed by atoms with E-state index in [1.54, 1.807) is 55.7 Å². The van der Waals surface area contributed by atoms with Crippen molar-refractivity contribution in [3.05, 3.63) is 75.8 Å². The minimum atomic E-state index is -0.225. The van der Waals surface area contributed by atoms with Crippen molar-refractivity contribution in [2.75, 3.05) is 39.3 Å². The van der Waals surface area contributed by atoms with E-state index in [0.717, 1.165) is 39.3 Å². The van der Waals surface area contributed by atoms with E-state index in [1.165, 1.54) is 0 Å². The molecule has 1 aromatic heterocycles. The van der Waals surface area contributed by atoms with Crippen LogP contribution in [0.25, 0.3) is 5.69 Å². The molecule has 0 aliphatic carbocycles. The SMILES string of the molecule is C.C.CC(=O)NC(N1CCNCC1)C12CN(Cc3nncn3-c3ccc(Cl)cc3C(=O)c3ccccc3Cl)CC1N2. The summed E-state index contributed by atoms with van der Waals surface area (Å²) in [6.07, 6.45) is 1.54. The normalized spacial score (nSPS) is 22.7. The summed E-state index contributed by atoms with van der Waals surface area (Å²) in [6, 6.07) is 12.5. The number of aromatic nitrogens is 3. The summed E-state index contributed by atoms with van der Waals surface area (Å²) in [4.78, 5) is 30.3. The summed E-state index contributed by atoms with van der Waals surface area (Å²) in [6.45, 7) is 7.26. The highest BCUT2D eigenvalue weighted by atomic mass is 35.5. The van der Waals surface area contributed by atoms with E-state index < -0.39 is 0 Å². The lowest BCUT2D eigenvalue weighted by atomic mass is 10.0. The molecule has 41 heavy (non-hydrogen) atoms. The lowest BCUT2D eigenvalue weighted by molar-refractivity contribution is -0.121. The number of carbonyl (C=O) groups excluding carboxylic acids is 2. The standard InChI is InChI=1S/C27H30Cl2N8O2.2CH4/c1-17(38)32-26(36-10-8-30-9-11-36)27-15-35(13-23(27)33-27)14-24-34-31-16-37(24)22-7-6-18(28)12-20(22)25(39)19-4-2-3-5-21(19)29;;/h2-7,12,16,23,26,30,33H,8-11,13-15H2,1H3,(H,32,38);2*1H4. The van der Waals surface area contributed by atoms with E-state index in [4.69, 9.17) is 23.2 Å². The Bertz CT molecular complexity index is 1410. The number of nitrogens with one attached hydrogen (secondary N) is 3. The number of likely N-dealkylation sites (tertiary alicyclic amines) is 1. The van der Waals surface area contributed by atoms with Gasteiger partial charge in [-0.25, -0.2) is 0 Å². The topological polar surface area (TPSA) is 117 Å². The van der Waals surface area contributed by atoms with Crippen LogP contribution in [0, 0.1) is 0 Å². The Hall–Kier alpha value is -2.86. The minimum Gasteiger partial charge on any atom is -0.339 e. The van der Waals surface area contributed by atoms with Crippen molar-refractivity contribution in [1.29, 1.82) is 0 Å². The van der Waals surface area contributed by atoms with Gasteiger partial charge in [0, 0.05) is 68.4 Å². The third-order valence-electron chi connectivity index (χ3n) is 7.82. The predicted molar refractivity (Wildman–Crippen MR) is 162 cm³/mol. The Morgan fingerprint density at radius 2 is 1.88 bits per heavy atom. The third-order valence-corrected chi connectivity index (χ3v) is 8.38. The maximum atomic E-state index is 13.5. The average Bonchev–Trinajstić information content (AvgIpc) is 3.23. The van der Waals surface area contributed by atoms with Crippen LogP contribution in [-0.4, -0.2) is 93.3 Å². The molecule has 4 heterocycles. The van der Waals surface area contributed by atoms with Crippen molar-refractivity contribution in [1.82, 2.24) is 40.5 Å². The fraction of sp³-hybridized carbons (Fsp3) is 0.448. The molecular weight excluding hydrogens is 563 g/mol. The first kappa shape index (κ1) is 31.1. The van der Waals surface area contributed by atoms with Crippen LogP contribution in [0.4, 0.5) is 0 Å². The number of halogens is 2. The van der Waals surface area contributed by atoms with Crippen LogP contribution in [0.5, 0.6) is 0 Å². The number of amides is 1. The van der Waals surface area contributed by atoms with Crippen molar-refractivity contribution >= 4 is 34.9 Å². The van der Waals surface area contributed by atoms with Crippen molar-refractivity contribution < 1.29 is 9.59 Å². The fourth-order valence-electron chi connectivity index (χ4n) is 5.95. The second-order valence-corrected chi connectivity index (χ2v) is 11.2.